The molecule has 0 amide bonds. The number of esters is 3. The number of aromatic amines is 1. The topological polar surface area (TPSA) is 182 Å². The van der Waals surface area contributed by atoms with Crippen LogP contribution in [0.5, 0.6) is 0 Å². The highest BCUT2D eigenvalue weighted by Crippen LogP contribution is 2.35. The van der Waals surface area contributed by atoms with Gasteiger partial charge in [0.05, 0.1) is 5.41 Å². The van der Waals surface area contributed by atoms with E-state index in [4.69, 9.17) is 26.1 Å². The van der Waals surface area contributed by atoms with Gasteiger partial charge in [0, 0.05) is 15.2 Å². The SMILES string of the molecule is [2H]CC(C)(C)C(=O)OC[C@H]1OC(n2c(=O)sc3c(=O)[nH]c(N)nc32)[C@H](OC(C)=O)[C@@H]1OC(C)=O. The number of nitrogen functional groups attached to an aromatic ring is 1. The highest BCUT2D eigenvalue weighted by atomic mass is 32.1. The van der Waals surface area contributed by atoms with Gasteiger partial charge in [-0.15, -0.1) is 0 Å². The molecule has 33 heavy (non-hydrogen) atoms. The lowest BCUT2D eigenvalue weighted by Crippen LogP contribution is -2.41. The quantitative estimate of drug-likeness (QED) is 0.432. The summed E-state index contributed by atoms with van der Waals surface area (Å²) in [4.78, 5) is 66.6. The van der Waals surface area contributed by atoms with Crippen LogP contribution in [0.15, 0.2) is 9.59 Å². The standard InChI is InChI=1S/C19H24N4O9S/c1-7(24)30-10-9(6-29-16(27)19(3,4)5)32-15(11(10)31-8(2)25)23-13-12(33-18(23)28)14(26)22-17(20)21-13/h9-11,15H,6H2,1-5H3,(H3,20,21,22,26)/t9-,10-,11-,15?/m1/s1/i3D. The van der Waals surface area contributed by atoms with Gasteiger partial charge in [0.1, 0.15) is 17.4 Å². The number of ether oxygens (including phenoxy) is 4. The highest BCUT2D eigenvalue weighted by molar-refractivity contribution is 7.16. The number of carbonyl (C=O) groups excluding carboxylic acids is 3. The van der Waals surface area contributed by atoms with E-state index in [0.717, 1.165) is 18.4 Å². The molecule has 0 radical (unpaired) electrons. The molecule has 180 valence electrons. The molecule has 4 atom stereocenters. The van der Waals surface area contributed by atoms with Crippen molar-refractivity contribution in [2.75, 3.05) is 12.3 Å². The Labute approximate surface area is 192 Å². The van der Waals surface area contributed by atoms with Crippen molar-refractivity contribution in [2.24, 2.45) is 5.41 Å². The van der Waals surface area contributed by atoms with Gasteiger partial charge in [-0.05, 0) is 20.7 Å². The lowest BCUT2D eigenvalue weighted by Gasteiger charge is -2.24. The maximum absolute atomic E-state index is 12.8. The van der Waals surface area contributed by atoms with Gasteiger partial charge < -0.3 is 24.7 Å². The third-order valence-corrected chi connectivity index (χ3v) is 5.51. The molecule has 1 unspecified atom stereocenters. The number of nitrogens with two attached hydrogens (primary N) is 1. The number of aromatic nitrogens is 3. The molecule has 2 aromatic rings. The Morgan fingerprint density at radius 1 is 1.24 bits per heavy atom. The maximum Gasteiger partial charge on any atom is 0.311 e. The minimum absolute atomic E-state index is 0.0412. The van der Waals surface area contributed by atoms with E-state index >= 15 is 0 Å². The van der Waals surface area contributed by atoms with Crippen LogP contribution in [0.3, 0.4) is 0 Å². The van der Waals surface area contributed by atoms with Gasteiger partial charge in [-0.25, -0.2) is 0 Å². The first-order valence-corrected chi connectivity index (χ1v) is 10.5. The second kappa shape index (κ2) is 8.94. The second-order valence-corrected chi connectivity index (χ2v) is 9.00. The largest absolute Gasteiger partial charge is 0.462 e. The third-order valence-electron chi connectivity index (χ3n) is 4.57. The van der Waals surface area contributed by atoms with Crippen LogP contribution in [0.25, 0.3) is 10.3 Å². The summed E-state index contributed by atoms with van der Waals surface area (Å²) in [6.45, 7) is 4.62. The number of H-pyrrole nitrogens is 1. The van der Waals surface area contributed by atoms with E-state index in [1.807, 2.05) is 0 Å². The Balaban J connectivity index is 2.05. The average molecular weight is 485 g/mol. The minimum Gasteiger partial charge on any atom is -0.462 e. The molecule has 1 aliphatic rings. The number of nitrogens with zero attached hydrogens (tertiary/aromatic N) is 2. The van der Waals surface area contributed by atoms with Crippen LogP contribution in [-0.4, -0.2) is 57.4 Å². The zero-order chi connectivity index (χ0) is 25.4. The number of carbonyl (C=O) groups is 3. The fourth-order valence-corrected chi connectivity index (χ4v) is 4.07. The van der Waals surface area contributed by atoms with Crippen LogP contribution in [0, 0.1) is 5.41 Å². The Kier molecular flexibility index (Phi) is 6.21. The minimum atomic E-state index is -1.38. The van der Waals surface area contributed by atoms with Crippen molar-refractivity contribution < 1.29 is 34.7 Å². The molecule has 1 saturated heterocycles. The van der Waals surface area contributed by atoms with Crippen LogP contribution in [0.4, 0.5) is 5.95 Å². The highest BCUT2D eigenvalue weighted by Gasteiger charge is 2.52. The van der Waals surface area contributed by atoms with E-state index in [1.54, 1.807) is 0 Å². The van der Waals surface area contributed by atoms with E-state index in [-0.39, 0.29) is 23.2 Å². The normalized spacial score (nSPS) is 23.2. The van der Waals surface area contributed by atoms with Crippen LogP contribution in [0.1, 0.15) is 42.2 Å². The van der Waals surface area contributed by atoms with Crippen molar-refractivity contribution in [3.63, 3.8) is 0 Å². The predicted molar refractivity (Wildman–Crippen MR) is 114 cm³/mol. The number of rotatable bonds is 5. The van der Waals surface area contributed by atoms with Crippen LogP contribution < -0.4 is 16.2 Å². The summed E-state index contributed by atoms with van der Waals surface area (Å²) in [7, 11) is 0. The van der Waals surface area contributed by atoms with Gasteiger partial charge in [-0.1, -0.05) is 11.3 Å². The Morgan fingerprint density at radius 3 is 2.48 bits per heavy atom. The summed E-state index contributed by atoms with van der Waals surface area (Å²) in [5.74, 6) is -2.46. The zero-order valence-electron chi connectivity index (χ0n) is 19.3. The molecule has 0 spiro atoms. The Bertz CT molecular complexity index is 1240. The Hall–Kier alpha value is -3.26. The lowest BCUT2D eigenvalue weighted by molar-refractivity contribution is -0.167. The van der Waals surface area contributed by atoms with Gasteiger partial charge in [-0.3, -0.25) is 33.5 Å². The van der Waals surface area contributed by atoms with Gasteiger partial charge in [0.25, 0.3) is 5.56 Å². The van der Waals surface area contributed by atoms with E-state index in [1.165, 1.54) is 13.8 Å². The van der Waals surface area contributed by atoms with Crippen molar-refractivity contribution in [3.8, 4) is 0 Å². The molecule has 0 saturated carbocycles. The lowest BCUT2D eigenvalue weighted by atomic mass is 9.97. The number of hydrogen-bond acceptors (Lipinski definition) is 12. The summed E-state index contributed by atoms with van der Waals surface area (Å²) < 4.78 is 30.2. The average Bonchev–Trinajstić information content (AvgIpc) is 3.22. The zero-order valence-corrected chi connectivity index (χ0v) is 19.1. The second-order valence-electron chi connectivity index (χ2n) is 8.04. The van der Waals surface area contributed by atoms with Gasteiger partial charge >= 0.3 is 22.8 Å². The Morgan fingerprint density at radius 2 is 1.88 bits per heavy atom. The fourth-order valence-electron chi connectivity index (χ4n) is 3.22. The molecule has 1 fully saturated rings. The van der Waals surface area contributed by atoms with Crippen molar-refractivity contribution in [1.29, 1.82) is 0 Å². The summed E-state index contributed by atoms with van der Waals surface area (Å²) in [5, 5.41) is 0. The third kappa shape index (κ3) is 5.06. The summed E-state index contributed by atoms with van der Waals surface area (Å²) in [5.41, 5.74) is 3.76. The summed E-state index contributed by atoms with van der Waals surface area (Å²) in [6.07, 6.45) is -5.13. The molecular formula is C19H24N4O9S. The van der Waals surface area contributed by atoms with Gasteiger partial charge in [0.15, 0.2) is 24.1 Å². The van der Waals surface area contributed by atoms with Gasteiger partial charge in [0.2, 0.25) is 5.95 Å². The number of nitrogens with one attached hydrogen (secondary N) is 1. The van der Waals surface area contributed by atoms with Crippen molar-refractivity contribution >= 4 is 45.5 Å². The van der Waals surface area contributed by atoms with Crippen molar-refractivity contribution in [3.05, 3.63) is 20.0 Å². The summed E-state index contributed by atoms with van der Waals surface area (Å²) >= 11 is 0.574. The molecule has 13 nitrogen and oxygen atoms in total. The number of hydrogen-bond donors (Lipinski definition) is 2. The van der Waals surface area contributed by atoms with E-state index < -0.39 is 64.9 Å². The number of anilines is 1. The van der Waals surface area contributed by atoms with E-state index in [2.05, 4.69) is 9.97 Å². The summed E-state index contributed by atoms with van der Waals surface area (Å²) in [6, 6.07) is 0. The molecule has 2 aromatic heterocycles. The number of thiazole rings is 1. The molecule has 0 bridgehead atoms. The molecule has 14 heteroatoms. The van der Waals surface area contributed by atoms with Gasteiger partial charge in [-0.2, -0.15) is 4.98 Å². The molecule has 3 N–H and O–H groups in total. The first kappa shape index (κ1) is 22.9. The monoisotopic (exact) mass is 485 g/mol. The molecular weight excluding hydrogens is 460 g/mol. The first-order chi connectivity index (χ1) is 15.9. The van der Waals surface area contributed by atoms with E-state index in [9.17, 15) is 24.0 Å². The smallest absolute Gasteiger partial charge is 0.311 e. The van der Waals surface area contributed by atoms with Crippen molar-refractivity contribution in [1.82, 2.24) is 14.5 Å². The number of fused-ring (bicyclic) bond motifs is 1. The van der Waals surface area contributed by atoms with Crippen molar-refractivity contribution in [2.45, 2.75) is 59.1 Å². The molecule has 3 heterocycles. The fraction of sp³-hybridized carbons (Fsp3) is 0.579. The molecule has 0 aromatic carbocycles. The predicted octanol–water partition coefficient (Wildman–Crippen LogP) is 0.0786. The van der Waals surface area contributed by atoms with E-state index in [0.29, 0.717) is 11.3 Å². The maximum atomic E-state index is 12.8. The molecule has 3 rings (SSSR count). The molecule has 1 aliphatic heterocycles. The van der Waals surface area contributed by atoms with Crippen LogP contribution in [0.2, 0.25) is 0 Å². The van der Waals surface area contributed by atoms with Crippen LogP contribution >= 0.6 is 11.3 Å². The van der Waals surface area contributed by atoms with Crippen LogP contribution in [-0.2, 0) is 33.3 Å². The molecule has 0 aliphatic carbocycles. The first-order valence-electron chi connectivity index (χ1n) is 10.4.